The molecule has 164 valence electrons. The van der Waals surface area contributed by atoms with E-state index in [1.807, 2.05) is 5.32 Å². The maximum Gasteiger partial charge on any atom is 0.405 e. The predicted molar refractivity (Wildman–Crippen MR) is 108 cm³/mol. The van der Waals surface area contributed by atoms with Crippen molar-refractivity contribution in [2.24, 2.45) is 0 Å². The number of ether oxygens (including phenoxy) is 2. The van der Waals surface area contributed by atoms with Crippen molar-refractivity contribution in [2.75, 3.05) is 19.5 Å². The number of methoxy groups -OCH3 is 1. The van der Waals surface area contributed by atoms with Crippen molar-refractivity contribution < 1.29 is 38.9 Å². The third kappa shape index (κ3) is 5.35. The van der Waals surface area contributed by atoms with Gasteiger partial charge in [-0.15, -0.1) is 0 Å². The smallest absolute Gasteiger partial charge is 0.405 e. The van der Waals surface area contributed by atoms with E-state index in [2.05, 4.69) is 5.32 Å². The zero-order valence-electron chi connectivity index (χ0n) is 16.8. The van der Waals surface area contributed by atoms with Crippen molar-refractivity contribution in [3.05, 3.63) is 22.8 Å². The number of Topliss-reactive ketones (excluding diaryl/α,β-unsaturated/α-hetero) is 1. The van der Waals surface area contributed by atoms with Crippen molar-refractivity contribution in [1.82, 2.24) is 10.6 Å². The van der Waals surface area contributed by atoms with Crippen LogP contribution in [0.15, 0.2) is 6.07 Å². The number of phenolic OH excluding ortho intramolecular Hbond substituents is 1. The van der Waals surface area contributed by atoms with Crippen molar-refractivity contribution in [2.45, 2.75) is 38.1 Å². The van der Waals surface area contributed by atoms with Gasteiger partial charge in [0.15, 0.2) is 5.78 Å². The average Bonchev–Trinajstić information content (AvgIpc) is 2.70. The number of amides is 2. The summed E-state index contributed by atoms with van der Waals surface area (Å²) < 4.78 is 10.4. The van der Waals surface area contributed by atoms with Gasteiger partial charge in [0.05, 0.1) is 18.7 Å². The van der Waals surface area contributed by atoms with E-state index in [1.165, 1.54) is 24.9 Å². The van der Waals surface area contributed by atoms with Crippen molar-refractivity contribution in [3.63, 3.8) is 0 Å². The summed E-state index contributed by atoms with van der Waals surface area (Å²) in [5.74, 6) is -1.37. The first-order valence-electron chi connectivity index (χ1n) is 9.16. The standard InChI is InChI=1S/C19H24N2O8S/c1-4-13(22)12-8-30-7-10-14(23)5-15(28-3)9(2)16(10)18(25)29-6-11(17(24)20-12)21-19(26)27/h5,11-12,21,23H,4,6-8H2,1-3H3,(H,20,24)(H,26,27)/t11-,12-/m0/s1. The third-order valence-electron chi connectivity index (χ3n) is 4.63. The van der Waals surface area contributed by atoms with E-state index in [9.17, 15) is 24.3 Å². The van der Waals surface area contributed by atoms with Gasteiger partial charge in [-0.2, -0.15) is 11.8 Å². The molecule has 4 N–H and O–H groups in total. The molecule has 2 rings (SSSR count). The van der Waals surface area contributed by atoms with Crippen LogP contribution in [0.25, 0.3) is 0 Å². The summed E-state index contributed by atoms with van der Waals surface area (Å²) in [5, 5.41) is 23.9. The number of nitrogens with one attached hydrogen (secondary N) is 2. The Labute approximate surface area is 177 Å². The average molecular weight is 440 g/mol. The number of esters is 1. The molecule has 0 saturated carbocycles. The highest BCUT2D eigenvalue weighted by Crippen LogP contribution is 2.35. The molecular formula is C19H24N2O8S. The maximum absolute atomic E-state index is 12.8. The van der Waals surface area contributed by atoms with Gasteiger partial charge in [0, 0.05) is 35.1 Å². The van der Waals surface area contributed by atoms with Gasteiger partial charge in [0.25, 0.3) is 0 Å². The molecule has 0 aromatic heterocycles. The maximum atomic E-state index is 12.8. The predicted octanol–water partition coefficient (Wildman–Crippen LogP) is 1.21. The first-order chi connectivity index (χ1) is 14.2. The summed E-state index contributed by atoms with van der Waals surface area (Å²) in [4.78, 5) is 48.6. The number of benzene rings is 1. The quantitative estimate of drug-likeness (QED) is 0.506. The second kappa shape index (κ2) is 10.2. The van der Waals surface area contributed by atoms with Crippen LogP contribution in [0.5, 0.6) is 11.5 Å². The molecule has 1 aromatic rings. The molecule has 1 aromatic carbocycles. The number of rotatable bonds is 4. The van der Waals surface area contributed by atoms with E-state index in [-0.39, 0.29) is 40.8 Å². The lowest BCUT2D eigenvalue weighted by Crippen LogP contribution is -2.54. The number of ketones is 1. The van der Waals surface area contributed by atoms with Crippen LogP contribution in [0, 0.1) is 6.92 Å². The van der Waals surface area contributed by atoms with Gasteiger partial charge >= 0.3 is 12.1 Å². The molecule has 0 spiro atoms. The van der Waals surface area contributed by atoms with E-state index in [0.717, 1.165) is 0 Å². The van der Waals surface area contributed by atoms with Crippen molar-refractivity contribution >= 4 is 35.5 Å². The van der Waals surface area contributed by atoms with Gasteiger partial charge in [0.2, 0.25) is 5.91 Å². The van der Waals surface area contributed by atoms with Gasteiger partial charge in [0.1, 0.15) is 24.1 Å². The molecule has 2 amide bonds. The van der Waals surface area contributed by atoms with Gasteiger partial charge in [-0.05, 0) is 6.92 Å². The van der Waals surface area contributed by atoms with E-state index in [1.54, 1.807) is 13.8 Å². The topological polar surface area (TPSA) is 151 Å². The fourth-order valence-electron chi connectivity index (χ4n) is 3.01. The Kier molecular flexibility index (Phi) is 7.93. The summed E-state index contributed by atoms with van der Waals surface area (Å²) in [5.41, 5.74) is 0.815. The Morgan fingerprint density at radius 2 is 2.10 bits per heavy atom. The lowest BCUT2D eigenvalue weighted by molar-refractivity contribution is -0.129. The van der Waals surface area contributed by atoms with Crippen LogP contribution in [0.4, 0.5) is 4.79 Å². The fourth-order valence-corrected chi connectivity index (χ4v) is 4.13. The van der Waals surface area contributed by atoms with E-state index >= 15 is 0 Å². The second-order valence-corrected chi connectivity index (χ2v) is 7.60. The van der Waals surface area contributed by atoms with E-state index in [0.29, 0.717) is 11.1 Å². The Morgan fingerprint density at radius 1 is 1.40 bits per heavy atom. The highest BCUT2D eigenvalue weighted by molar-refractivity contribution is 7.98. The van der Waals surface area contributed by atoms with Crippen molar-refractivity contribution in [3.8, 4) is 11.5 Å². The summed E-state index contributed by atoms with van der Waals surface area (Å²) in [6.07, 6.45) is -1.31. The van der Waals surface area contributed by atoms with Gasteiger partial charge in [-0.25, -0.2) is 9.59 Å². The molecule has 30 heavy (non-hydrogen) atoms. The van der Waals surface area contributed by atoms with Crippen LogP contribution >= 0.6 is 11.8 Å². The van der Waals surface area contributed by atoms with Gasteiger partial charge < -0.3 is 30.3 Å². The highest BCUT2D eigenvalue weighted by Gasteiger charge is 2.30. The Hall–Kier alpha value is -2.95. The second-order valence-electron chi connectivity index (χ2n) is 6.57. The molecule has 0 saturated heterocycles. The van der Waals surface area contributed by atoms with E-state index < -0.39 is 36.7 Å². The molecule has 1 heterocycles. The minimum Gasteiger partial charge on any atom is -0.507 e. The number of hydrogen-bond acceptors (Lipinski definition) is 8. The lowest BCUT2D eigenvalue weighted by Gasteiger charge is -2.24. The number of carbonyl (C=O) groups excluding carboxylic acids is 3. The summed E-state index contributed by atoms with van der Waals surface area (Å²) in [6.45, 7) is 2.69. The zero-order valence-corrected chi connectivity index (χ0v) is 17.6. The molecule has 0 radical (unpaired) electrons. The summed E-state index contributed by atoms with van der Waals surface area (Å²) in [6, 6.07) is -0.879. The SMILES string of the molecule is CCC(=O)[C@@H]1CSCc2c(O)cc(OC)c(C)c2C(=O)OC[C@H](NC(=O)O)C(=O)N1. The number of aromatic hydroxyl groups is 1. The Morgan fingerprint density at radius 3 is 2.70 bits per heavy atom. The number of fused-ring (bicyclic) bond motifs is 1. The zero-order chi connectivity index (χ0) is 22.4. The van der Waals surface area contributed by atoms with Crippen LogP contribution in [0.3, 0.4) is 0 Å². The van der Waals surface area contributed by atoms with Crippen molar-refractivity contribution in [1.29, 1.82) is 0 Å². The van der Waals surface area contributed by atoms with Gasteiger partial charge in [-0.1, -0.05) is 6.92 Å². The summed E-state index contributed by atoms with van der Waals surface area (Å²) >= 11 is 1.24. The minimum absolute atomic E-state index is 0.0766. The number of thioether (sulfide) groups is 1. The molecule has 10 nitrogen and oxygen atoms in total. The molecular weight excluding hydrogens is 416 g/mol. The molecule has 2 atom stereocenters. The first-order valence-corrected chi connectivity index (χ1v) is 10.3. The minimum atomic E-state index is -1.48. The Bertz CT molecular complexity index is 857. The number of phenols is 1. The number of cyclic esters (lactones) is 1. The molecule has 0 bridgehead atoms. The lowest BCUT2D eigenvalue weighted by atomic mass is 10.0. The van der Waals surface area contributed by atoms with Crippen LogP contribution in [-0.2, 0) is 20.1 Å². The molecule has 1 aliphatic heterocycles. The van der Waals surface area contributed by atoms with Crippen LogP contribution in [0.1, 0.15) is 34.8 Å². The molecule has 0 fully saturated rings. The van der Waals surface area contributed by atoms with Crippen LogP contribution in [-0.4, -0.2) is 65.5 Å². The monoisotopic (exact) mass is 440 g/mol. The van der Waals surface area contributed by atoms with Gasteiger partial charge in [-0.3, -0.25) is 9.59 Å². The normalized spacial score (nSPS) is 20.0. The van der Waals surface area contributed by atoms with E-state index in [4.69, 9.17) is 14.6 Å². The largest absolute Gasteiger partial charge is 0.507 e. The first kappa shape index (κ1) is 23.3. The molecule has 1 aliphatic rings. The number of carboxylic acid groups (broad SMARTS) is 1. The number of carbonyl (C=O) groups is 4. The molecule has 11 heteroatoms. The fraction of sp³-hybridized carbons (Fsp3) is 0.474. The Balaban J connectivity index is 2.48. The highest BCUT2D eigenvalue weighted by atomic mass is 32.2. The van der Waals surface area contributed by atoms with Crippen LogP contribution in [0.2, 0.25) is 0 Å². The van der Waals surface area contributed by atoms with Crippen LogP contribution < -0.4 is 15.4 Å². The molecule has 0 unspecified atom stereocenters. The third-order valence-corrected chi connectivity index (χ3v) is 5.69. The summed E-state index contributed by atoms with van der Waals surface area (Å²) in [7, 11) is 1.39. The molecule has 0 aliphatic carbocycles. The number of hydrogen-bond donors (Lipinski definition) is 4.